The Bertz CT molecular complexity index is 675. The van der Waals surface area contributed by atoms with Crippen LogP contribution in [0.2, 0.25) is 0 Å². The monoisotopic (exact) mass is 388 g/mol. The molecular formula is C21H32N4O3. The van der Waals surface area contributed by atoms with Crippen molar-refractivity contribution in [3.63, 3.8) is 0 Å². The molecule has 0 bridgehead atoms. The van der Waals surface area contributed by atoms with Crippen molar-refractivity contribution in [2.24, 2.45) is 11.7 Å². The molecule has 1 aromatic rings. The molecular weight excluding hydrogens is 356 g/mol. The first kappa shape index (κ1) is 20.8. The molecule has 2 heterocycles. The molecule has 1 atom stereocenters. The predicted octanol–water partition coefficient (Wildman–Crippen LogP) is 1.14. The Morgan fingerprint density at radius 1 is 1.14 bits per heavy atom. The zero-order chi connectivity index (χ0) is 20.1. The number of nitrogens with zero attached hydrogens (tertiary/aromatic N) is 2. The molecule has 1 unspecified atom stereocenters. The molecule has 3 N–H and O–H groups in total. The van der Waals surface area contributed by atoms with Crippen molar-refractivity contribution in [1.82, 2.24) is 9.80 Å². The summed E-state index contributed by atoms with van der Waals surface area (Å²) in [5.41, 5.74) is 9.24. The average Bonchev–Trinajstić information content (AvgIpc) is 2.71. The van der Waals surface area contributed by atoms with Gasteiger partial charge in [-0.15, -0.1) is 0 Å². The van der Waals surface area contributed by atoms with Crippen molar-refractivity contribution >= 4 is 17.5 Å². The Hall–Kier alpha value is -1.96. The highest BCUT2D eigenvalue weighted by Gasteiger charge is 2.31. The van der Waals surface area contributed by atoms with Crippen LogP contribution in [0, 0.1) is 19.8 Å². The lowest BCUT2D eigenvalue weighted by atomic mass is 9.91. The van der Waals surface area contributed by atoms with Crippen molar-refractivity contribution in [3.05, 3.63) is 29.3 Å². The number of piperazine rings is 1. The minimum atomic E-state index is -0.442. The molecule has 7 heteroatoms. The Labute approximate surface area is 167 Å². The lowest BCUT2D eigenvalue weighted by molar-refractivity contribution is -0.136. The molecule has 7 nitrogen and oxygen atoms in total. The minimum Gasteiger partial charge on any atom is -0.381 e. The van der Waals surface area contributed by atoms with E-state index in [2.05, 4.69) is 10.2 Å². The summed E-state index contributed by atoms with van der Waals surface area (Å²) >= 11 is 0. The zero-order valence-electron chi connectivity index (χ0n) is 16.9. The average molecular weight is 389 g/mol. The zero-order valence-corrected chi connectivity index (χ0v) is 16.9. The number of anilines is 1. The van der Waals surface area contributed by atoms with E-state index in [1.807, 2.05) is 36.9 Å². The third-order valence-corrected chi connectivity index (χ3v) is 5.86. The fraction of sp³-hybridized carbons (Fsp3) is 0.619. The van der Waals surface area contributed by atoms with Crippen LogP contribution in [0.15, 0.2) is 18.2 Å². The summed E-state index contributed by atoms with van der Waals surface area (Å²) in [4.78, 5) is 29.1. The first-order valence-electron chi connectivity index (χ1n) is 10.2. The van der Waals surface area contributed by atoms with Gasteiger partial charge in [0.1, 0.15) is 0 Å². The van der Waals surface area contributed by atoms with Gasteiger partial charge in [-0.1, -0.05) is 18.2 Å². The fourth-order valence-corrected chi connectivity index (χ4v) is 4.01. The second-order valence-corrected chi connectivity index (χ2v) is 7.89. The number of rotatable bonds is 5. The van der Waals surface area contributed by atoms with Gasteiger partial charge in [0.2, 0.25) is 11.8 Å². The molecule has 28 heavy (non-hydrogen) atoms. The molecule has 2 saturated heterocycles. The first-order valence-corrected chi connectivity index (χ1v) is 10.2. The van der Waals surface area contributed by atoms with E-state index in [9.17, 15) is 9.59 Å². The highest BCUT2D eigenvalue weighted by molar-refractivity contribution is 5.93. The van der Waals surface area contributed by atoms with Crippen LogP contribution in [0.1, 0.15) is 24.0 Å². The van der Waals surface area contributed by atoms with Gasteiger partial charge in [-0.3, -0.25) is 14.5 Å². The third-order valence-electron chi connectivity index (χ3n) is 5.86. The predicted molar refractivity (Wildman–Crippen MR) is 109 cm³/mol. The second-order valence-electron chi connectivity index (χ2n) is 7.89. The van der Waals surface area contributed by atoms with E-state index in [0.29, 0.717) is 45.9 Å². The lowest BCUT2D eigenvalue weighted by Gasteiger charge is -2.37. The SMILES string of the molecule is Cc1cccc(C)c1NC(=O)CN1CCN(C(=O)C(N)C2CCOCC2)CC1. The molecule has 0 saturated carbocycles. The van der Waals surface area contributed by atoms with Crippen molar-refractivity contribution < 1.29 is 14.3 Å². The van der Waals surface area contributed by atoms with E-state index in [1.54, 1.807) is 0 Å². The van der Waals surface area contributed by atoms with Crippen molar-refractivity contribution in [1.29, 1.82) is 0 Å². The van der Waals surface area contributed by atoms with Gasteiger partial charge in [-0.25, -0.2) is 0 Å². The summed E-state index contributed by atoms with van der Waals surface area (Å²) < 4.78 is 5.36. The standard InChI is InChI=1S/C21H32N4O3/c1-15-4-3-5-16(2)20(15)23-18(26)14-24-8-10-25(11-9-24)21(27)19(22)17-6-12-28-13-7-17/h3-5,17,19H,6-14,22H2,1-2H3,(H,23,26). The van der Waals surface area contributed by atoms with Gasteiger partial charge < -0.3 is 20.7 Å². The number of hydrogen-bond acceptors (Lipinski definition) is 5. The highest BCUT2D eigenvalue weighted by atomic mass is 16.5. The van der Waals surface area contributed by atoms with Gasteiger partial charge in [0.15, 0.2) is 0 Å². The van der Waals surface area contributed by atoms with E-state index in [1.165, 1.54) is 0 Å². The summed E-state index contributed by atoms with van der Waals surface area (Å²) in [6.45, 7) is 8.31. The number of carbonyl (C=O) groups excluding carboxylic acids is 2. The molecule has 0 spiro atoms. The van der Waals surface area contributed by atoms with Gasteiger partial charge in [-0.2, -0.15) is 0 Å². The van der Waals surface area contributed by atoms with Crippen LogP contribution in [-0.2, 0) is 14.3 Å². The van der Waals surface area contributed by atoms with E-state index in [0.717, 1.165) is 29.7 Å². The first-order chi connectivity index (χ1) is 13.5. The molecule has 154 valence electrons. The Kier molecular flexibility index (Phi) is 7.04. The number of carbonyl (C=O) groups is 2. The summed E-state index contributed by atoms with van der Waals surface area (Å²) in [5.74, 6) is 0.227. The van der Waals surface area contributed by atoms with Gasteiger partial charge in [0.25, 0.3) is 0 Å². The summed E-state index contributed by atoms with van der Waals surface area (Å²) in [6, 6.07) is 5.54. The van der Waals surface area contributed by atoms with Gasteiger partial charge in [-0.05, 0) is 43.7 Å². The fourth-order valence-electron chi connectivity index (χ4n) is 4.01. The number of nitrogens with one attached hydrogen (secondary N) is 1. The van der Waals surface area contributed by atoms with Gasteiger partial charge in [0.05, 0.1) is 12.6 Å². The maximum atomic E-state index is 12.7. The Morgan fingerprint density at radius 2 is 1.75 bits per heavy atom. The summed E-state index contributed by atoms with van der Waals surface area (Å²) in [7, 11) is 0. The number of hydrogen-bond donors (Lipinski definition) is 2. The van der Waals surface area contributed by atoms with Crippen molar-refractivity contribution in [2.75, 3.05) is 51.3 Å². The van der Waals surface area contributed by atoms with Crippen LogP contribution in [0.5, 0.6) is 0 Å². The lowest BCUT2D eigenvalue weighted by Crippen LogP contribution is -2.56. The van der Waals surface area contributed by atoms with Crippen LogP contribution in [-0.4, -0.2) is 73.6 Å². The highest BCUT2D eigenvalue weighted by Crippen LogP contribution is 2.20. The molecule has 1 aromatic carbocycles. The van der Waals surface area contributed by atoms with E-state index < -0.39 is 6.04 Å². The number of benzene rings is 1. The van der Waals surface area contributed by atoms with Gasteiger partial charge in [0, 0.05) is 45.1 Å². The molecule has 0 radical (unpaired) electrons. The van der Waals surface area contributed by atoms with Gasteiger partial charge >= 0.3 is 0 Å². The molecule has 3 rings (SSSR count). The Morgan fingerprint density at radius 3 is 2.36 bits per heavy atom. The molecule has 2 aliphatic rings. The molecule has 2 fully saturated rings. The number of aryl methyl sites for hydroxylation is 2. The molecule has 0 aliphatic carbocycles. The van der Waals surface area contributed by atoms with Crippen LogP contribution in [0.4, 0.5) is 5.69 Å². The van der Waals surface area contributed by atoms with Crippen LogP contribution < -0.4 is 11.1 Å². The van der Waals surface area contributed by atoms with E-state index >= 15 is 0 Å². The number of para-hydroxylation sites is 1. The normalized spacial score (nSPS) is 20.0. The molecule has 2 aliphatic heterocycles. The largest absolute Gasteiger partial charge is 0.381 e. The molecule has 2 amide bonds. The maximum absolute atomic E-state index is 12.7. The Balaban J connectivity index is 1.46. The van der Waals surface area contributed by atoms with E-state index in [4.69, 9.17) is 10.5 Å². The van der Waals surface area contributed by atoms with E-state index in [-0.39, 0.29) is 17.7 Å². The van der Waals surface area contributed by atoms with Crippen LogP contribution >= 0.6 is 0 Å². The second kappa shape index (κ2) is 9.49. The van der Waals surface area contributed by atoms with Crippen molar-refractivity contribution in [2.45, 2.75) is 32.7 Å². The quantitative estimate of drug-likeness (QED) is 0.790. The van der Waals surface area contributed by atoms with Crippen molar-refractivity contribution in [3.8, 4) is 0 Å². The smallest absolute Gasteiger partial charge is 0.239 e. The van der Waals surface area contributed by atoms with Crippen LogP contribution in [0.25, 0.3) is 0 Å². The minimum absolute atomic E-state index is 0.0175. The maximum Gasteiger partial charge on any atom is 0.239 e. The number of ether oxygens (including phenoxy) is 1. The van der Waals surface area contributed by atoms with Crippen LogP contribution in [0.3, 0.4) is 0 Å². The molecule has 0 aromatic heterocycles. The summed E-state index contributed by atoms with van der Waals surface area (Å²) in [6.07, 6.45) is 1.71. The number of nitrogens with two attached hydrogens (primary N) is 1. The third kappa shape index (κ3) is 5.10. The topological polar surface area (TPSA) is 87.9 Å². The summed E-state index contributed by atoms with van der Waals surface area (Å²) in [5, 5.41) is 3.03. The number of amides is 2.